The van der Waals surface area contributed by atoms with Crippen molar-refractivity contribution >= 4 is 0 Å². The summed E-state index contributed by atoms with van der Waals surface area (Å²) in [6.07, 6.45) is 1.70. The lowest BCUT2D eigenvalue weighted by Crippen LogP contribution is -2.42. The van der Waals surface area contributed by atoms with Crippen molar-refractivity contribution in [3.8, 4) is 0 Å². The molecule has 18 heavy (non-hydrogen) atoms. The number of rotatable bonds is 4. The van der Waals surface area contributed by atoms with Crippen molar-refractivity contribution in [1.29, 1.82) is 0 Å². The minimum absolute atomic E-state index is 0.153. The zero-order chi connectivity index (χ0) is 13.1. The minimum Gasteiger partial charge on any atom is -0.393 e. The molecule has 1 N–H and O–H groups in total. The lowest BCUT2D eigenvalue weighted by atomic mass is 9.92. The Morgan fingerprint density at radius 3 is 2.89 bits per heavy atom. The largest absolute Gasteiger partial charge is 0.393 e. The van der Waals surface area contributed by atoms with Gasteiger partial charge in [-0.15, -0.1) is 0 Å². The van der Waals surface area contributed by atoms with Crippen LogP contribution in [-0.2, 0) is 6.54 Å². The Bertz CT molecular complexity index is 378. The van der Waals surface area contributed by atoms with Crippen LogP contribution in [0.3, 0.4) is 0 Å². The molecule has 0 aromatic carbocycles. The molecule has 1 aromatic heterocycles. The van der Waals surface area contributed by atoms with Crippen LogP contribution in [0.25, 0.3) is 0 Å². The van der Waals surface area contributed by atoms with Gasteiger partial charge < -0.3 is 9.63 Å². The molecule has 0 aliphatic carbocycles. The molecular formula is C13H23N3O2. The summed E-state index contributed by atoms with van der Waals surface area (Å²) >= 11 is 0. The molecule has 1 aliphatic heterocycles. The first kappa shape index (κ1) is 13.5. The Morgan fingerprint density at radius 2 is 2.28 bits per heavy atom. The van der Waals surface area contributed by atoms with Crippen LogP contribution in [0.5, 0.6) is 0 Å². The van der Waals surface area contributed by atoms with Crippen LogP contribution < -0.4 is 0 Å². The predicted octanol–water partition coefficient (Wildman–Crippen LogP) is 1.79. The minimum atomic E-state index is -0.153. The summed E-state index contributed by atoms with van der Waals surface area (Å²) in [7, 11) is 0. The molecule has 2 atom stereocenters. The summed E-state index contributed by atoms with van der Waals surface area (Å²) in [5.74, 6) is 2.12. The number of likely N-dealkylation sites (tertiary alicyclic amines) is 1. The molecule has 2 rings (SSSR count). The fourth-order valence-electron chi connectivity index (χ4n) is 2.40. The third-order valence-electron chi connectivity index (χ3n) is 3.66. The maximum atomic E-state index is 9.85. The fourth-order valence-corrected chi connectivity index (χ4v) is 2.40. The summed E-state index contributed by atoms with van der Waals surface area (Å²) < 4.78 is 5.26. The monoisotopic (exact) mass is 253 g/mol. The van der Waals surface area contributed by atoms with Gasteiger partial charge in [-0.2, -0.15) is 4.98 Å². The second-order valence-corrected chi connectivity index (χ2v) is 5.46. The van der Waals surface area contributed by atoms with Gasteiger partial charge in [0.1, 0.15) is 0 Å². The van der Waals surface area contributed by atoms with Gasteiger partial charge in [0.2, 0.25) is 5.89 Å². The molecule has 0 saturated carbocycles. The van der Waals surface area contributed by atoms with Gasteiger partial charge in [0.25, 0.3) is 0 Å². The Labute approximate surface area is 108 Å². The maximum absolute atomic E-state index is 9.85. The van der Waals surface area contributed by atoms with Crippen LogP contribution in [0, 0.1) is 5.92 Å². The van der Waals surface area contributed by atoms with Gasteiger partial charge in [-0.1, -0.05) is 25.9 Å². The number of aliphatic hydroxyl groups is 1. The molecule has 1 aromatic rings. The second kappa shape index (κ2) is 5.80. The third-order valence-corrected chi connectivity index (χ3v) is 3.66. The molecule has 0 spiro atoms. The molecule has 1 saturated heterocycles. The highest BCUT2D eigenvalue weighted by atomic mass is 16.5. The van der Waals surface area contributed by atoms with Crippen molar-refractivity contribution in [3.05, 3.63) is 11.7 Å². The van der Waals surface area contributed by atoms with Gasteiger partial charge in [0.05, 0.1) is 12.6 Å². The van der Waals surface area contributed by atoms with E-state index in [1.165, 1.54) is 0 Å². The SMILES string of the molecule is CCC1CN(Cc2nc(C(C)C)no2)CCC1O. The van der Waals surface area contributed by atoms with Crippen LogP contribution >= 0.6 is 0 Å². The number of aliphatic hydroxyl groups excluding tert-OH is 1. The van der Waals surface area contributed by atoms with E-state index in [1.54, 1.807) is 0 Å². The zero-order valence-corrected chi connectivity index (χ0v) is 11.5. The van der Waals surface area contributed by atoms with Crippen LogP contribution in [-0.4, -0.2) is 39.3 Å². The summed E-state index contributed by atoms with van der Waals surface area (Å²) in [6, 6.07) is 0. The van der Waals surface area contributed by atoms with E-state index >= 15 is 0 Å². The molecule has 2 heterocycles. The molecule has 5 nitrogen and oxygen atoms in total. The lowest BCUT2D eigenvalue weighted by Gasteiger charge is -2.34. The van der Waals surface area contributed by atoms with E-state index in [-0.39, 0.29) is 6.10 Å². The molecule has 0 amide bonds. The van der Waals surface area contributed by atoms with Gasteiger partial charge in [-0.25, -0.2) is 0 Å². The van der Waals surface area contributed by atoms with Crippen LogP contribution in [0.2, 0.25) is 0 Å². The number of hydrogen-bond donors (Lipinski definition) is 1. The zero-order valence-electron chi connectivity index (χ0n) is 11.5. The van der Waals surface area contributed by atoms with E-state index < -0.39 is 0 Å². The molecule has 0 radical (unpaired) electrons. The predicted molar refractivity (Wildman–Crippen MR) is 68.1 cm³/mol. The van der Waals surface area contributed by atoms with Crippen molar-refractivity contribution < 1.29 is 9.63 Å². The Morgan fingerprint density at radius 1 is 1.50 bits per heavy atom. The van der Waals surface area contributed by atoms with Crippen molar-refractivity contribution in [2.45, 2.75) is 52.2 Å². The van der Waals surface area contributed by atoms with Crippen LogP contribution in [0.4, 0.5) is 0 Å². The average molecular weight is 253 g/mol. The van der Waals surface area contributed by atoms with Crippen LogP contribution in [0.15, 0.2) is 4.52 Å². The first-order valence-electron chi connectivity index (χ1n) is 6.83. The highest BCUT2D eigenvalue weighted by Crippen LogP contribution is 2.21. The molecule has 1 fully saturated rings. The Hall–Kier alpha value is -0.940. The quantitative estimate of drug-likeness (QED) is 0.886. The Kier molecular flexibility index (Phi) is 4.35. The number of piperidine rings is 1. The molecule has 102 valence electrons. The van der Waals surface area contributed by atoms with Gasteiger partial charge in [-0.05, 0) is 18.8 Å². The maximum Gasteiger partial charge on any atom is 0.240 e. The van der Waals surface area contributed by atoms with Gasteiger partial charge in [-0.3, -0.25) is 4.90 Å². The standard InChI is InChI=1S/C13H23N3O2/c1-4-10-7-16(6-5-11(10)17)8-12-14-13(9(2)3)15-18-12/h9-11,17H,4-8H2,1-3H3. The van der Waals surface area contributed by atoms with E-state index in [2.05, 4.69) is 35.8 Å². The van der Waals surface area contributed by atoms with E-state index in [4.69, 9.17) is 4.52 Å². The van der Waals surface area contributed by atoms with Gasteiger partial charge in [0.15, 0.2) is 5.82 Å². The van der Waals surface area contributed by atoms with Crippen molar-refractivity contribution in [2.24, 2.45) is 5.92 Å². The van der Waals surface area contributed by atoms with Crippen molar-refractivity contribution in [3.63, 3.8) is 0 Å². The Balaban J connectivity index is 1.92. The molecular weight excluding hydrogens is 230 g/mol. The highest BCUT2D eigenvalue weighted by molar-refractivity contribution is 4.92. The third kappa shape index (κ3) is 3.09. The molecule has 5 heteroatoms. The van der Waals surface area contributed by atoms with E-state index in [1.807, 2.05) is 0 Å². The topological polar surface area (TPSA) is 62.4 Å². The van der Waals surface area contributed by atoms with E-state index in [0.717, 1.165) is 31.8 Å². The molecule has 2 unspecified atom stereocenters. The summed E-state index contributed by atoms with van der Waals surface area (Å²) in [6.45, 7) is 8.75. The molecule has 1 aliphatic rings. The number of hydrogen-bond acceptors (Lipinski definition) is 5. The summed E-state index contributed by atoms with van der Waals surface area (Å²) in [5.41, 5.74) is 0. The first-order chi connectivity index (χ1) is 8.60. The summed E-state index contributed by atoms with van der Waals surface area (Å²) in [4.78, 5) is 6.68. The highest BCUT2D eigenvalue weighted by Gasteiger charge is 2.27. The van der Waals surface area contributed by atoms with Gasteiger partial charge >= 0.3 is 0 Å². The first-order valence-corrected chi connectivity index (χ1v) is 6.83. The van der Waals surface area contributed by atoms with E-state index in [0.29, 0.717) is 24.3 Å². The smallest absolute Gasteiger partial charge is 0.240 e. The second-order valence-electron chi connectivity index (χ2n) is 5.46. The average Bonchev–Trinajstić information content (AvgIpc) is 2.80. The normalized spacial score (nSPS) is 25.8. The summed E-state index contributed by atoms with van der Waals surface area (Å²) in [5, 5.41) is 13.8. The number of nitrogens with zero attached hydrogens (tertiary/aromatic N) is 3. The fraction of sp³-hybridized carbons (Fsp3) is 0.846. The van der Waals surface area contributed by atoms with Crippen molar-refractivity contribution in [1.82, 2.24) is 15.0 Å². The number of aromatic nitrogens is 2. The lowest BCUT2D eigenvalue weighted by molar-refractivity contribution is 0.0187. The van der Waals surface area contributed by atoms with Gasteiger partial charge in [0, 0.05) is 19.0 Å². The van der Waals surface area contributed by atoms with Crippen LogP contribution in [0.1, 0.15) is 51.2 Å². The van der Waals surface area contributed by atoms with Crippen molar-refractivity contribution in [2.75, 3.05) is 13.1 Å². The van der Waals surface area contributed by atoms with E-state index in [9.17, 15) is 5.11 Å². The molecule has 0 bridgehead atoms.